The molecule has 5 rings (SSSR count). The molecule has 1 amide bonds. The first kappa shape index (κ1) is 28.3. The third-order valence-electron chi connectivity index (χ3n) is 7.04. The zero-order valence-electron chi connectivity index (χ0n) is 24.3. The number of aromatic nitrogens is 4. The summed E-state index contributed by atoms with van der Waals surface area (Å²) in [7, 11) is 4.69. The smallest absolute Gasteiger partial charge is 0.410 e. The molecule has 3 aromatic rings. The largest absolute Gasteiger partial charge is 0.493 e. The molecule has 0 bridgehead atoms. The van der Waals surface area contributed by atoms with Crippen molar-refractivity contribution in [3.05, 3.63) is 35.9 Å². The molecular formula is C28H37N7O6. The van der Waals surface area contributed by atoms with Crippen molar-refractivity contribution in [2.75, 3.05) is 44.7 Å². The average Bonchev–Trinajstić information content (AvgIpc) is 3.70. The molecule has 0 aliphatic carbocycles. The van der Waals surface area contributed by atoms with Gasteiger partial charge in [0.1, 0.15) is 23.6 Å². The first-order valence-corrected chi connectivity index (χ1v) is 13.5. The van der Waals surface area contributed by atoms with Crippen molar-refractivity contribution >= 4 is 23.7 Å². The molecule has 0 saturated carbocycles. The van der Waals surface area contributed by atoms with Crippen LogP contribution < -0.4 is 24.4 Å². The van der Waals surface area contributed by atoms with Gasteiger partial charge in [-0.05, 0) is 33.6 Å². The monoisotopic (exact) mass is 567 g/mol. The van der Waals surface area contributed by atoms with Crippen molar-refractivity contribution in [2.45, 2.75) is 58.3 Å². The molecule has 4 heterocycles. The van der Waals surface area contributed by atoms with Crippen LogP contribution in [-0.2, 0) is 17.8 Å². The molecule has 220 valence electrons. The molecule has 0 unspecified atom stereocenters. The lowest BCUT2D eigenvalue weighted by Crippen LogP contribution is -2.34. The topological polar surface area (TPSA) is 136 Å². The summed E-state index contributed by atoms with van der Waals surface area (Å²) in [6.07, 6.45) is 4.88. The summed E-state index contributed by atoms with van der Waals surface area (Å²) in [5.74, 6) is 3.15. The van der Waals surface area contributed by atoms with E-state index in [0.29, 0.717) is 47.9 Å². The van der Waals surface area contributed by atoms with Gasteiger partial charge in [0, 0.05) is 24.2 Å². The van der Waals surface area contributed by atoms with E-state index < -0.39 is 11.7 Å². The van der Waals surface area contributed by atoms with Gasteiger partial charge in [0.15, 0.2) is 11.5 Å². The second-order valence-corrected chi connectivity index (χ2v) is 11.0. The normalized spacial score (nSPS) is 16.5. The van der Waals surface area contributed by atoms with Gasteiger partial charge in [-0.3, -0.25) is 4.90 Å². The predicted molar refractivity (Wildman–Crippen MR) is 151 cm³/mol. The summed E-state index contributed by atoms with van der Waals surface area (Å²) in [4.78, 5) is 30.8. The molecule has 2 N–H and O–H groups in total. The number of hydrogen-bond acceptors (Lipinski definition) is 11. The molecule has 13 heteroatoms. The van der Waals surface area contributed by atoms with E-state index in [4.69, 9.17) is 28.9 Å². The number of carbonyl (C=O) groups excluding carboxylic acids is 1. The maximum absolute atomic E-state index is 12.9. The zero-order chi connectivity index (χ0) is 29.3. The Kier molecular flexibility index (Phi) is 7.80. The highest BCUT2D eigenvalue weighted by atomic mass is 16.6. The number of aliphatic hydroxyl groups excluding tert-OH is 1. The summed E-state index contributed by atoms with van der Waals surface area (Å²) in [6.45, 7) is 6.88. The molecule has 2 aliphatic rings. The lowest BCUT2D eigenvalue weighted by molar-refractivity contribution is 0.0241. The first-order valence-electron chi connectivity index (χ1n) is 13.5. The molecular weight excluding hydrogens is 530 g/mol. The van der Waals surface area contributed by atoms with Crippen LogP contribution in [0.4, 0.5) is 22.4 Å². The minimum Gasteiger partial charge on any atom is -0.493 e. The molecule has 0 spiro atoms. The SMILES string of the molecule is COc1cc(-n2cnc(Nc3nc(N4CCC[C@H]4CO)nc4c3CN(C(=O)OC(C)(C)C)C4)c2)cc(OC)c1OC. The predicted octanol–water partition coefficient (Wildman–Crippen LogP) is 3.64. The van der Waals surface area contributed by atoms with Gasteiger partial charge in [-0.1, -0.05) is 0 Å². The Morgan fingerprint density at radius 2 is 1.83 bits per heavy atom. The van der Waals surface area contributed by atoms with Crippen molar-refractivity contribution in [3.63, 3.8) is 0 Å². The van der Waals surface area contributed by atoms with Crippen molar-refractivity contribution in [1.82, 2.24) is 24.4 Å². The van der Waals surface area contributed by atoms with Crippen LogP contribution >= 0.6 is 0 Å². The quantitative estimate of drug-likeness (QED) is 0.413. The van der Waals surface area contributed by atoms with E-state index in [1.54, 1.807) is 32.6 Å². The van der Waals surface area contributed by atoms with Gasteiger partial charge >= 0.3 is 6.09 Å². The van der Waals surface area contributed by atoms with E-state index in [1.807, 2.05) is 48.6 Å². The number of fused-ring (bicyclic) bond motifs is 1. The van der Waals surface area contributed by atoms with Gasteiger partial charge in [-0.25, -0.2) is 14.8 Å². The summed E-state index contributed by atoms with van der Waals surface area (Å²) < 4.78 is 23.9. The maximum Gasteiger partial charge on any atom is 0.410 e. The Morgan fingerprint density at radius 3 is 2.46 bits per heavy atom. The number of methoxy groups -OCH3 is 3. The van der Waals surface area contributed by atoms with Crippen molar-refractivity contribution in [2.24, 2.45) is 0 Å². The second-order valence-electron chi connectivity index (χ2n) is 11.0. The molecule has 13 nitrogen and oxygen atoms in total. The van der Waals surface area contributed by atoms with Crippen molar-refractivity contribution in [1.29, 1.82) is 0 Å². The lowest BCUT2D eigenvalue weighted by Gasteiger charge is -2.24. The van der Waals surface area contributed by atoms with Crippen LogP contribution in [0.25, 0.3) is 5.69 Å². The number of carbonyl (C=O) groups is 1. The first-order chi connectivity index (χ1) is 19.6. The van der Waals surface area contributed by atoms with Gasteiger partial charge in [0.25, 0.3) is 0 Å². The number of ether oxygens (including phenoxy) is 4. The van der Waals surface area contributed by atoms with E-state index >= 15 is 0 Å². The Labute approximate surface area is 239 Å². The lowest BCUT2D eigenvalue weighted by atomic mass is 10.2. The van der Waals surface area contributed by atoms with Crippen LogP contribution in [0, 0.1) is 0 Å². The highest BCUT2D eigenvalue weighted by molar-refractivity contribution is 5.71. The molecule has 1 fully saturated rings. The van der Waals surface area contributed by atoms with Crippen molar-refractivity contribution in [3.8, 4) is 22.9 Å². The summed E-state index contributed by atoms with van der Waals surface area (Å²) in [5, 5.41) is 13.3. The number of nitrogens with zero attached hydrogens (tertiary/aromatic N) is 6. The molecule has 1 aromatic carbocycles. The molecule has 2 aromatic heterocycles. The molecule has 2 aliphatic heterocycles. The van der Waals surface area contributed by atoms with Crippen LogP contribution in [0.2, 0.25) is 0 Å². The number of amides is 1. The average molecular weight is 568 g/mol. The fourth-order valence-electron chi connectivity index (χ4n) is 5.08. The van der Waals surface area contributed by atoms with E-state index in [1.165, 1.54) is 0 Å². The minimum absolute atomic E-state index is 0.0203. The highest BCUT2D eigenvalue weighted by Crippen LogP contribution is 2.39. The zero-order valence-corrected chi connectivity index (χ0v) is 24.3. The van der Waals surface area contributed by atoms with Gasteiger partial charge < -0.3 is 38.8 Å². The fraction of sp³-hybridized carbons (Fsp3) is 0.500. The third-order valence-corrected chi connectivity index (χ3v) is 7.04. The molecule has 1 atom stereocenters. The van der Waals surface area contributed by atoms with Crippen LogP contribution in [0.3, 0.4) is 0 Å². The van der Waals surface area contributed by atoms with Crippen molar-refractivity contribution < 1.29 is 28.8 Å². The van der Waals surface area contributed by atoms with E-state index in [0.717, 1.165) is 36.3 Å². The maximum atomic E-state index is 12.9. The number of benzene rings is 1. The standard InChI is InChI=1S/C28H37N7O6/c1-28(2,3)41-27(37)33-12-19-20(13-33)30-26(35-9-7-8-17(35)15-36)32-25(19)31-23-14-34(16-29-23)18-10-21(38-4)24(40-6)22(11-18)39-5/h10-11,14,16-17,36H,7-9,12-13,15H2,1-6H3,(H,30,31,32)/t17-/m0/s1. The van der Waals surface area contributed by atoms with Crippen LogP contribution in [0.5, 0.6) is 17.2 Å². The van der Waals surface area contributed by atoms with Gasteiger partial charge in [-0.2, -0.15) is 4.98 Å². The Balaban J connectivity index is 1.47. The Bertz CT molecular complexity index is 1390. The minimum atomic E-state index is -0.618. The number of imidazole rings is 1. The molecule has 41 heavy (non-hydrogen) atoms. The van der Waals surface area contributed by atoms with E-state index in [2.05, 4.69) is 10.3 Å². The van der Waals surface area contributed by atoms with Gasteiger partial charge in [0.05, 0.1) is 64.6 Å². The second kappa shape index (κ2) is 11.3. The van der Waals surface area contributed by atoms with E-state index in [9.17, 15) is 9.90 Å². The van der Waals surface area contributed by atoms with Crippen LogP contribution in [-0.4, -0.2) is 81.7 Å². The number of hydrogen-bond donors (Lipinski definition) is 2. The molecule has 0 radical (unpaired) electrons. The van der Waals surface area contributed by atoms with Crippen LogP contribution in [0.15, 0.2) is 24.7 Å². The van der Waals surface area contributed by atoms with E-state index in [-0.39, 0.29) is 12.6 Å². The number of aliphatic hydroxyl groups is 1. The third kappa shape index (κ3) is 5.80. The Hall–Kier alpha value is -4.26. The van der Waals surface area contributed by atoms with Gasteiger partial charge in [-0.15, -0.1) is 0 Å². The highest BCUT2D eigenvalue weighted by Gasteiger charge is 2.34. The summed E-state index contributed by atoms with van der Waals surface area (Å²) in [6, 6.07) is 3.60. The summed E-state index contributed by atoms with van der Waals surface area (Å²) in [5.41, 5.74) is 1.66. The Morgan fingerprint density at radius 1 is 1.10 bits per heavy atom. The number of nitrogens with one attached hydrogen (secondary N) is 1. The number of anilines is 3. The number of rotatable bonds is 8. The van der Waals surface area contributed by atoms with Crippen LogP contribution in [0.1, 0.15) is 44.9 Å². The fourth-order valence-corrected chi connectivity index (χ4v) is 5.08. The van der Waals surface area contributed by atoms with Gasteiger partial charge in [0.2, 0.25) is 11.7 Å². The molecule has 1 saturated heterocycles. The summed E-state index contributed by atoms with van der Waals surface area (Å²) >= 11 is 0.